The molecular weight excluding hydrogens is 487 g/mol. The maximum atomic E-state index is 13.1. The number of amides is 1. The Morgan fingerprint density at radius 1 is 1.09 bits per heavy atom. The summed E-state index contributed by atoms with van der Waals surface area (Å²) in [5.74, 6) is -2.69. The van der Waals surface area contributed by atoms with Crippen molar-refractivity contribution in [1.82, 2.24) is 14.5 Å². The molecule has 0 aromatic heterocycles. The van der Waals surface area contributed by atoms with Crippen LogP contribution in [0.2, 0.25) is 0 Å². The van der Waals surface area contributed by atoms with Gasteiger partial charge in [-0.2, -0.15) is 17.5 Å². The van der Waals surface area contributed by atoms with Gasteiger partial charge in [-0.1, -0.05) is 49.1 Å². The number of nitrogens with zero attached hydrogens (tertiary/aromatic N) is 2. The fraction of sp³-hybridized carbons (Fsp3) is 0.652. The van der Waals surface area contributed by atoms with Crippen molar-refractivity contribution in [3.8, 4) is 0 Å². The zero-order valence-electron chi connectivity index (χ0n) is 19.9. The Hall–Kier alpha value is -2.18. The minimum atomic E-state index is -5.08. The highest BCUT2D eigenvalue weighted by Crippen LogP contribution is 2.24. The van der Waals surface area contributed by atoms with E-state index in [2.05, 4.69) is 5.32 Å². The van der Waals surface area contributed by atoms with Crippen LogP contribution in [-0.4, -0.2) is 85.3 Å². The molecule has 2 N–H and O–H groups in total. The largest absolute Gasteiger partial charge is 0.490 e. The summed E-state index contributed by atoms with van der Waals surface area (Å²) in [7, 11) is -3.33. The predicted octanol–water partition coefficient (Wildman–Crippen LogP) is 2.57. The highest BCUT2D eigenvalue weighted by atomic mass is 32.2. The molecule has 1 aliphatic carbocycles. The van der Waals surface area contributed by atoms with Crippen molar-refractivity contribution in [2.75, 3.05) is 38.5 Å². The lowest BCUT2D eigenvalue weighted by molar-refractivity contribution is -0.192. The molecule has 1 aromatic carbocycles. The van der Waals surface area contributed by atoms with Gasteiger partial charge in [0.15, 0.2) is 0 Å². The van der Waals surface area contributed by atoms with Crippen LogP contribution in [0.3, 0.4) is 0 Å². The van der Waals surface area contributed by atoms with Gasteiger partial charge in [0.2, 0.25) is 15.9 Å². The second kappa shape index (κ2) is 13.2. The van der Waals surface area contributed by atoms with E-state index in [1.165, 1.54) is 12.0 Å². The van der Waals surface area contributed by atoms with Crippen LogP contribution in [0.1, 0.15) is 43.2 Å². The number of nitrogens with one attached hydrogen (secondary N) is 1. The Labute approximate surface area is 204 Å². The third kappa shape index (κ3) is 9.77. The summed E-state index contributed by atoms with van der Waals surface area (Å²) >= 11 is 0. The minimum Gasteiger partial charge on any atom is -0.475 e. The van der Waals surface area contributed by atoms with E-state index in [0.29, 0.717) is 39.1 Å². The number of benzene rings is 1. The van der Waals surface area contributed by atoms with Crippen molar-refractivity contribution in [2.24, 2.45) is 0 Å². The third-order valence-corrected chi connectivity index (χ3v) is 7.96. The number of piperazine rings is 1. The molecule has 0 bridgehead atoms. The van der Waals surface area contributed by atoms with Crippen LogP contribution in [0.25, 0.3) is 0 Å². The van der Waals surface area contributed by atoms with E-state index in [0.717, 1.165) is 31.2 Å². The van der Waals surface area contributed by atoms with Crippen molar-refractivity contribution < 1.29 is 36.3 Å². The quantitative estimate of drug-likeness (QED) is 0.571. The van der Waals surface area contributed by atoms with Crippen molar-refractivity contribution in [3.63, 3.8) is 0 Å². The number of carboxylic acid groups (broad SMARTS) is 1. The zero-order valence-corrected chi connectivity index (χ0v) is 20.7. The number of rotatable bonds is 7. The first-order chi connectivity index (χ1) is 16.4. The minimum absolute atomic E-state index is 0.0170. The predicted molar refractivity (Wildman–Crippen MR) is 125 cm³/mol. The second-order valence-corrected chi connectivity index (χ2v) is 10.9. The van der Waals surface area contributed by atoms with Crippen LogP contribution in [0.5, 0.6) is 0 Å². The smallest absolute Gasteiger partial charge is 0.475 e. The summed E-state index contributed by atoms with van der Waals surface area (Å²) in [4.78, 5) is 23.9. The first-order valence-electron chi connectivity index (χ1n) is 11.7. The maximum Gasteiger partial charge on any atom is 0.490 e. The number of carbonyl (C=O) groups excluding carboxylic acids is 1. The van der Waals surface area contributed by atoms with E-state index in [4.69, 9.17) is 9.90 Å². The number of hydrogen-bond donors (Lipinski definition) is 2. The standard InChI is InChI=1S/C21H33N3O3S.C2HF3O2/c1-18-7-9-19(10-8-18)17-21(25)24(20-5-3-2-4-6-20)15-16-28(26,27)23-13-11-22-12-14-23;3-2(4,5)1(6)7/h7-10,20,22H,2-6,11-17H2,1H3;(H,6,7). The molecular formula is C23H34F3N3O5S. The van der Waals surface area contributed by atoms with Crippen molar-refractivity contribution in [1.29, 1.82) is 0 Å². The average molecular weight is 522 g/mol. The van der Waals surface area contributed by atoms with E-state index in [1.807, 2.05) is 36.1 Å². The van der Waals surface area contributed by atoms with Gasteiger partial charge in [0, 0.05) is 38.8 Å². The molecule has 198 valence electrons. The van der Waals surface area contributed by atoms with Gasteiger partial charge in [-0.15, -0.1) is 0 Å². The molecule has 1 aromatic rings. The van der Waals surface area contributed by atoms with Crippen LogP contribution in [0.15, 0.2) is 24.3 Å². The molecule has 1 saturated heterocycles. The first-order valence-corrected chi connectivity index (χ1v) is 13.3. The van der Waals surface area contributed by atoms with Gasteiger partial charge >= 0.3 is 12.1 Å². The summed E-state index contributed by atoms with van der Waals surface area (Å²) in [5, 5.41) is 10.3. The summed E-state index contributed by atoms with van der Waals surface area (Å²) in [6.07, 6.45) is 0.647. The summed E-state index contributed by atoms with van der Waals surface area (Å²) in [6, 6.07) is 8.18. The monoisotopic (exact) mass is 521 g/mol. The molecule has 0 spiro atoms. The van der Waals surface area contributed by atoms with E-state index in [1.54, 1.807) is 4.31 Å². The Balaban J connectivity index is 0.000000540. The second-order valence-electron chi connectivity index (χ2n) is 8.81. The Morgan fingerprint density at radius 2 is 1.63 bits per heavy atom. The molecule has 8 nitrogen and oxygen atoms in total. The molecule has 1 amide bonds. The molecule has 1 aliphatic heterocycles. The van der Waals surface area contributed by atoms with Gasteiger partial charge in [0.1, 0.15) is 0 Å². The Kier molecular flexibility index (Phi) is 11.0. The third-order valence-electron chi connectivity index (χ3n) is 6.11. The topological polar surface area (TPSA) is 107 Å². The molecule has 3 rings (SSSR count). The molecule has 2 fully saturated rings. The zero-order chi connectivity index (χ0) is 26.1. The maximum absolute atomic E-state index is 13.1. The van der Waals surface area contributed by atoms with E-state index in [-0.39, 0.29) is 17.7 Å². The highest BCUT2D eigenvalue weighted by molar-refractivity contribution is 7.89. The fourth-order valence-electron chi connectivity index (χ4n) is 4.15. The number of carbonyl (C=O) groups is 2. The molecule has 1 heterocycles. The number of carboxylic acids is 1. The molecule has 2 aliphatic rings. The van der Waals surface area contributed by atoms with Crippen LogP contribution < -0.4 is 5.32 Å². The van der Waals surface area contributed by atoms with Crippen molar-refractivity contribution in [2.45, 2.75) is 57.7 Å². The highest BCUT2D eigenvalue weighted by Gasteiger charge is 2.38. The molecule has 35 heavy (non-hydrogen) atoms. The lowest BCUT2D eigenvalue weighted by Gasteiger charge is -2.35. The molecule has 0 unspecified atom stereocenters. The van der Waals surface area contributed by atoms with Crippen LogP contribution >= 0.6 is 0 Å². The van der Waals surface area contributed by atoms with E-state index < -0.39 is 22.2 Å². The van der Waals surface area contributed by atoms with Crippen LogP contribution in [0, 0.1) is 6.92 Å². The van der Waals surface area contributed by atoms with E-state index in [9.17, 15) is 26.4 Å². The molecule has 0 radical (unpaired) electrons. The normalized spacial score (nSPS) is 17.8. The number of halogens is 3. The van der Waals surface area contributed by atoms with Gasteiger partial charge in [-0.05, 0) is 25.3 Å². The summed E-state index contributed by atoms with van der Waals surface area (Å²) in [5.41, 5.74) is 2.16. The van der Waals surface area contributed by atoms with Crippen molar-refractivity contribution >= 4 is 21.9 Å². The Bertz CT molecular complexity index is 927. The number of aliphatic carboxylic acids is 1. The van der Waals surface area contributed by atoms with E-state index >= 15 is 0 Å². The molecule has 12 heteroatoms. The van der Waals surface area contributed by atoms with Crippen LogP contribution in [0.4, 0.5) is 13.2 Å². The molecule has 0 atom stereocenters. The van der Waals surface area contributed by atoms with Gasteiger partial charge in [0.25, 0.3) is 0 Å². The lowest BCUT2D eigenvalue weighted by atomic mass is 9.93. The van der Waals surface area contributed by atoms with Gasteiger partial charge in [-0.3, -0.25) is 4.79 Å². The van der Waals surface area contributed by atoms with Crippen LogP contribution in [-0.2, 0) is 26.0 Å². The van der Waals surface area contributed by atoms with Gasteiger partial charge < -0.3 is 15.3 Å². The van der Waals surface area contributed by atoms with Crippen molar-refractivity contribution in [3.05, 3.63) is 35.4 Å². The number of sulfonamides is 1. The fourth-order valence-corrected chi connectivity index (χ4v) is 5.58. The number of hydrogen-bond acceptors (Lipinski definition) is 5. The first kappa shape index (κ1) is 29.1. The average Bonchev–Trinajstić information content (AvgIpc) is 2.82. The summed E-state index contributed by atoms with van der Waals surface area (Å²) < 4.78 is 58.8. The van der Waals surface area contributed by atoms with Gasteiger partial charge in [-0.25, -0.2) is 13.2 Å². The SMILES string of the molecule is Cc1ccc(CC(=O)N(CCS(=O)(=O)N2CCNCC2)C2CCCCC2)cc1.O=C(O)C(F)(F)F. The molecule has 1 saturated carbocycles. The lowest BCUT2D eigenvalue weighted by Crippen LogP contribution is -2.50. The Morgan fingerprint density at radius 3 is 2.14 bits per heavy atom. The number of aryl methyl sites for hydroxylation is 1. The number of alkyl halides is 3. The summed E-state index contributed by atoms with van der Waals surface area (Å²) in [6.45, 7) is 4.74. The van der Waals surface area contributed by atoms with Gasteiger partial charge in [0.05, 0.1) is 12.2 Å².